The van der Waals surface area contributed by atoms with Gasteiger partial charge in [-0.15, -0.1) is 0 Å². The van der Waals surface area contributed by atoms with Gasteiger partial charge in [0.25, 0.3) is 0 Å². The zero-order chi connectivity index (χ0) is 22.3. The van der Waals surface area contributed by atoms with Crippen LogP contribution in [0.1, 0.15) is 24.1 Å². The van der Waals surface area contributed by atoms with Gasteiger partial charge in [-0.3, -0.25) is 0 Å². The molecule has 1 aliphatic carbocycles. The number of allylic oxidation sites excluding steroid dienone is 5. The van der Waals surface area contributed by atoms with Crippen molar-refractivity contribution < 1.29 is 13.2 Å². The highest BCUT2D eigenvalue weighted by Gasteiger charge is 2.34. The largest absolute Gasteiger partial charge is 0.417 e. The number of alkyl halides is 3. The normalized spacial score (nSPS) is 16.7. The van der Waals surface area contributed by atoms with Gasteiger partial charge in [0, 0.05) is 41.7 Å². The number of hydrogen-bond acceptors (Lipinski definition) is 5. The summed E-state index contributed by atoms with van der Waals surface area (Å²) in [6.07, 6.45) is 4.73. The third kappa shape index (κ3) is 6.19. The molecule has 3 rings (SSSR count). The van der Waals surface area contributed by atoms with Gasteiger partial charge in [-0.25, -0.2) is 9.97 Å². The maximum Gasteiger partial charge on any atom is 0.417 e. The number of rotatable bonds is 6. The van der Waals surface area contributed by atoms with Crippen LogP contribution in [0.4, 0.5) is 19.0 Å². The molecule has 1 aliphatic rings. The van der Waals surface area contributed by atoms with Crippen LogP contribution in [0.3, 0.4) is 0 Å². The summed E-state index contributed by atoms with van der Waals surface area (Å²) in [6.45, 7) is 2.79. The first kappa shape index (κ1) is 22.1. The van der Waals surface area contributed by atoms with Crippen molar-refractivity contribution in [2.75, 3.05) is 18.4 Å². The van der Waals surface area contributed by atoms with Crippen molar-refractivity contribution in [3.05, 3.63) is 77.2 Å². The minimum atomic E-state index is -4.49. The average Bonchev–Trinajstić information content (AvgIpc) is 2.72. The number of nitrogens with one attached hydrogen (secondary N) is 2. The number of benzene rings is 1. The molecule has 0 atom stereocenters. The molecule has 0 saturated heterocycles. The highest BCUT2D eigenvalue weighted by atomic mass is 19.4. The molecule has 1 aromatic carbocycles. The van der Waals surface area contributed by atoms with E-state index < -0.39 is 11.7 Å². The third-order valence-electron chi connectivity index (χ3n) is 4.55. The van der Waals surface area contributed by atoms with E-state index in [1.165, 1.54) is 18.2 Å². The number of nitrogens with zero attached hydrogens (tertiary/aromatic N) is 3. The highest BCUT2D eigenvalue weighted by Crippen LogP contribution is 2.36. The fraction of sp³-hybridized carbons (Fsp3) is 0.261. The predicted molar refractivity (Wildman–Crippen MR) is 114 cm³/mol. The lowest BCUT2D eigenvalue weighted by Crippen LogP contribution is -2.21. The summed E-state index contributed by atoms with van der Waals surface area (Å²) >= 11 is 0. The Morgan fingerprint density at radius 2 is 1.77 bits per heavy atom. The lowest BCUT2D eigenvalue weighted by Gasteiger charge is -2.14. The molecule has 160 valence electrons. The van der Waals surface area contributed by atoms with Crippen LogP contribution in [0.2, 0.25) is 0 Å². The van der Waals surface area contributed by atoms with E-state index in [2.05, 4.69) is 32.7 Å². The monoisotopic (exact) mass is 425 g/mol. The van der Waals surface area contributed by atoms with E-state index >= 15 is 0 Å². The van der Waals surface area contributed by atoms with Crippen molar-refractivity contribution in [3.8, 4) is 17.5 Å². The Hall–Kier alpha value is -3.60. The zero-order valence-corrected chi connectivity index (χ0v) is 17.0. The van der Waals surface area contributed by atoms with Crippen LogP contribution in [0.5, 0.6) is 0 Å². The molecule has 0 radical (unpaired) electrons. The molecular formula is C23H22F3N5. The van der Waals surface area contributed by atoms with Crippen molar-refractivity contribution in [2.24, 2.45) is 0 Å². The molecule has 8 heteroatoms. The summed E-state index contributed by atoms with van der Waals surface area (Å²) in [7, 11) is 0. The molecule has 1 aromatic heterocycles. The minimum Gasteiger partial charge on any atom is -0.384 e. The molecule has 31 heavy (non-hydrogen) atoms. The van der Waals surface area contributed by atoms with Crippen LogP contribution in [-0.4, -0.2) is 23.1 Å². The Morgan fingerprint density at radius 3 is 2.55 bits per heavy atom. The second-order valence-corrected chi connectivity index (χ2v) is 6.96. The molecule has 1 heterocycles. The standard InChI is InChI=1S/C23H22F3N5/c1-16-14-21(29-13-12-28-18-7-3-2-6-17(15-27)10-11-18)31-22(30-16)19-8-4-5-9-20(19)23(24,25)26/h4-11,14,28H,2-3,12-13H2,1H3,(H,29,30,31)/b11-10-,17-6?,18-7+. The first-order valence-electron chi connectivity index (χ1n) is 9.85. The van der Waals surface area contributed by atoms with E-state index in [-0.39, 0.29) is 11.4 Å². The highest BCUT2D eigenvalue weighted by molar-refractivity contribution is 5.63. The van der Waals surface area contributed by atoms with Crippen LogP contribution in [0.15, 0.2) is 65.9 Å². The SMILES string of the molecule is Cc1cc(NCCNC2=C/CCC=C(C#N)/C=C\2)nc(-c2ccccc2C(F)(F)F)n1. The molecule has 2 N–H and O–H groups in total. The lowest BCUT2D eigenvalue weighted by molar-refractivity contribution is -0.137. The lowest BCUT2D eigenvalue weighted by atomic mass is 10.1. The number of nitriles is 1. The molecule has 0 unspecified atom stereocenters. The van der Waals surface area contributed by atoms with Gasteiger partial charge in [-0.05, 0) is 38.0 Å². The molecular weight excluding hydrogens is 403 g/mol. The summed E-state index contributed by atoms with van der Waals surface area (Å²) in [6, 6.07) is 9.12. The van der Waals surface area contributed by atoms with Gasteiger partial charge in [0.2, 0.25) is 0 Å². The third-order valence-corrected chi connectivity index (χ3v) is 4.55. The summed E-state index contributed by atoms with van der Waals surface area (Å²) in [5, 5.41) is 15.4. The zero-order valence-electron chi connectivity index (χ0n) is 17.0. The number of halogens is 3. The maximum absolute atomic E-state index is 13.4. The second-order valence-electron chi connectivity index (χ2n) is 6.96. The first-order valence-corrected chi connectivity index (χ1v) is 9.85. The van der Waals surface area contributed by atoms with Crippen molar-refractivity contribution in [1.82, 2.24) is 15.3 Å². The Bertz CT molecular complexity index is 1060. The van der Waals surface area contributed by atoms with Crippen molar-refractivity contribution in [2.45, 2.75) is 25.9 Å². The van der Waals surface area contributed by atoms with E-state index in [9.17, 15) is 13.2 Å². The van der Waals surface area contributed by atoms with Gasteiger partial charge in [0.1, 0.15) is 5.82 Å². The number of aromatic nitrogens is 2. The second kappa shape index (κ2) is 9.94. The van der Waals surface area contributed by atoms with Crippen molar-refractivity contribution >= 4 is 5.82 Å². The maximum atomic E-state index is 13.4. The molecule has 2 aromatic rings. The summed E-state index contributed by atoms with van der Waals surface area (Å²) in [5.74, 6) is 0.489. The average molecular weight is 425 g/mol. The van der Waals surface area contributed by atoms with Crippen LogP contribution in [0.25, 0.3) is 11.4 Å². The molecule has 0 aliphatic heterocycles. The topological polar surface area (TPSA) is 73.6 Å². The molecule has 0 bridgehead atoms. The quantitative estimate of drug-likeness (QED) is 0.626. The number of anilines is 1. The summed E-state index contributed by atoms with van der Waals surface area (Å²) in [4.78, 5) is 8.49. The number of aryl methyl sites for hydroxylation is 1. The van der Waals surface area contributed by atoms with E-state index in [4.69, 9.17) is 5.26 Å². The van der Waals surface area contributed by atoms with Gasteiger partial charge >= 0.3 is 6.18 Å². The minimum absolute atomic E-state index is 0.0323. The fourth-order valence-electron chi connectivity index (χ4n) is 3.11. The van der Waals surface area contributed by atoms with Crippen molar-refractivity contribution in [1.29, 1.82) is 5.26 Å². The smallest absolute Gasteiger partial charge is 0.384 e. The molecule has 5 nitrogen and oxygen atoms in total. The van der Waals surface area contributed by atoms with Crippen LogP contribution < -0.4 is 10.6 Å². The van der Waals surface area contributed by atoms with Crippen LogP contribution >= 0.6 is 0 Å². The van der Waals surface area contributed by atoms with Gasteiger partial charge in [-0.1, -0.05) is 30.4 Å². The van der Waals surface area contributed by atoms with Crippen LogP contribution in [0, 0.1) is 18.3 Å². The molecule has 0 spiro atoms. The van der Waals surface area contributed by atoms with E-state index in [0.717, 1.165) is 24.6 Å². The number of hydrogen-bond donors (Lipinski definition) is 2. The molecule has 0 amide bonds. The summed E-state index contributed by atoms with van der Waals surface area (Å²) < 4.78 is 40.1. The molecule has 0 saturated carbocycles. The Morgan fingerprint density at radius 1 is 1.03 bits per heavy atom. The summed E-state index contributed by atoms with van der Waals surface area (Å²) in [5.41, 5.74) is 1.31. The van der Waals surface area contributed by atoms with Gasteiger partial charge < -0.3 is 10.6 Å². The van der Waals surface area contributed by atoms with Gasteiger partial charge in [0.05, 0.1) is 11.6 Å². The fourth-order valence-corrected chi connectivity index (χ4v) is 3.11. The van der Waals surface area contributed by atoms with Gasteiger partial charge in [0.15, 0.2) is 5.82 Å². The first-order chi connectivity index (χ1) is 14.9. The van der Waals surface area contributed by atoms with Crippen LogP contribution in [-0.2, 0) is 6.18 Å². The van der Waals surface area contributed by atoms with Gasteiger partial charge in [-0.2, -0.15) is 18.4 Å². The van der Waals surface area contributed by atoms with E-state index in [1.54, 1.807) is 19.1 Å². The van der Waals surface area contributed by atoms with Crippen molar-refractivity contribution in [3.63, 3.8) is 0 Å². The Balaban J connectivity index is 1.66. The van der Waals surface area contributed by atoms with E-state index in [1.807, 2.05) is 12.2 Å². The Kier molecular flexibility index (Phi) is 7.08. The Labute approximate surface area is 179 Å². The van der Waals surface area contributed by atoms with E-state index in [0.29, 0.717) is 30.2 Å². The predicted octanol–water partition coefficient (Wildman–Crippen LogP) is 5.16. The molecule has 0 fully saturated rings.